The van der Waals surface area contributed by atoms with Gasteiger partial charge in [0.2, 0.25) is 5.75 Å². The molecule has 4 aromatic rings. The van der Waals surface area contributed by atoms with E-state index < -0.39 is 6.04 Å². The van der Waals surface area contributed by atoms with Crippen LogP contribution in [0.2, 0.25) is 0 Å². The molecule has 4 rings (SSSR count). The molecule has 0 spiro atoms. The second kappa shape index (κ2) is 8.63. The first kappa shape index (κ1) is 21.2. The SMILES string of the molecule is COc1cc([C@H](Nc2cccc(C)n2)c2ccc3ccc(C)nc3c2O)cc(OC)c1O. The van der Waals surface area contributed by atoms with Crippen LogP contribution in [0.15, 0.2) is 54.6 Å². The van der Waals surface area contributed by atoms with Crippen LogP contribution in [0.5, 0.6) is 23.0 Å². The summed E-state index contributed by atoms with van der Waals surface area (Å²) in [5.41, 5.74) is 3.50. The summed E-state index contributed by atoms with van der Waals surface area (Å²) in [4.78, 5) is 9.08. The number of aromatic hydroxyl groups is 2. The van der Waals surface area contributed by atoms with Crippen LogP contribution in [0.3, 0.4) is 0 Å². The maximum atomic E-state index is 11.2. The van der Waals surface area contributed by atoms with E-state index in [2.05, 4.69) is 15.3 Å². The number of rotatable bonds is 6. The van der Waals surface area contributed by atoms with Crippen LogP contribution < -0.4 is 14.8 Å². The zero-order valence-corrected chi connectivity index (χ0v) is 18.4. The third-order valence-corrected chi connectivity index (χ3v) is 5.33. The van der Waals surface area contributed by atoms with Crippen LogP contribution in [0.1, 0.15) is 28.6 Å². The highest BCUT2D eigenvalue weighted by atomic mass is 16.5. The molecule has 0 saturated carbocycles. The summed E-state index contributed by atoms with van der Waals surface area (Å²) in [5, 5.41) is 25.8. The second-order valence-corrected chi connectivity index (χ2v) is 7.54. The summed E-state index contributed by atoms with van der Waals surface area (Å²) in [5.74, 6) is 1.14. The Labute approximate surface area is 186 Å². The van der Waals surface area contributed by atoms with Gasteiger partial charge in [0.25, 0.3) is 0 Å². The number of phenols is 2. The standard InChI is InChI=1S/C25H25N3O4/c1-14-6-5-7-21(26-14)28-22(17-12-19(31-3)25(30)20(13-17)32-4)18-11-10-16-9-8-15(2)27-23(16)24(18)29/h5-13,22,29-30H,1-4H3,(H,26,28)/t22-/m0/s1. The number of aryl methyl sites for hydroxylation is 2. The first-order chi connectivity index (χ1) is 15.4. The van der Waals surface area contributed by atoms with Gasteiger partial charge in [-0.05, 0) is 49.7 Å². The van der Waals surface area contributed by atoms with Crippen LogP contribution >= 0.6 is 0 Å². The molecule has 2 aromatic carbocycles. The van der Waals surface area contributed by atoms with Crippen molar-refractivity contribution in [3.05, 3.63) is 77.1 Å². The van der Waals surface area contributed by atoms with Crippen molar-refractivity contribution in [3.63, 3.8) is 0 Å². The highest BCUT2D eigenvalue weighted by Gasteiger charge is 2.24. The van der Waals surface area contributed by atoms with E-state index >= 15 is 0 Å². The lowest BCUT2D eigenvalue weighted by atomic mass is 9.95. The first-order valence-electron chi connectivity index (χ1n) is 10.2. The molecule has 0 unspecified atom stereocenters. The van der Waals surface area contributed by atoms with E-state index in [0.29, 0.717) is 22.5 Å². The Morgan fingerprint density at radius 3 is 2.12 bits per heavy atom. The van der Waals surface area contributed by atoms with Gasteiger partial charge in [-0.1, -0.05) is 24.3 Å². The molecule has 2 heterocycles. The van der Waals surface area contributed by atoms with Gasteiger partial charge in [0.1, 0.15) is 17.1 Å². The predicted molar refractivity (Wildman–Crippen MR) is 124 cm³/mol. The largest absolute Gasteiger partial charge is 0.505 e. The third kappa shape index (κ3) is 3.97. The van der Waals surface area contributed by atoms with E-state index in [9.17, 15) is 10.2 Å². The van der Waals surface area contributed by atoms with Crippen molar-refractivity contribution in [3.8, 4) is 23.0 Å². The van der Waals surface area contributed by atoms with E-state index in [1.165, 1.54) is 14.2 Å². The lowest BCUT2D eigenvalue weighted by Crippen LogP contribution is -2.14. The second-order valence-electron chi connectivity index (χ2n) is 7.54. The molecular weight excluding hydrogens is 406 g/mol. The lowest BCUT2D eigenvalue weighted by molar-refractivity contribution is 0.339. The number of nitrogens with one attached hydrogen (secondary N) is 1. The fourth-order valence-corrected chi connectivity index (χ4v) is 3.71. The number of hydrogen-bond acceptors (Lipinski definition) is 7. The molecule has 164 valence electrons. The van der Waals surface area contributed by atoms with Crippen LogP contribution in [0.25, 0.3) is 10.9 Å². The van der Waals surface area contributed by atoms with Gasteiger partial charge in [-0.25, -0.2) is 9.97 Å². The third-order valence-electron chi connectivity index (χ3n) is 5.33. The van der Waals surface area contributed by atoms with E-state index in [4.69, 9.17) is 9.47 Å². The average molecular weight is 431 g/mol. The maximum Gasteiger partial charge on any atom is 0.200 e. The highest BCUT2D eigenvalue weighted by molar-refractivity contribution is 5.86. The molecular formula is C25H25N3O4. The molecule has 0 bridgehead atoms. The van der Waals surface area contributed by atoms with Gasteiger partial charge >= 0.3 is 0 Å². The Morgan fingerprint density at radius 2 is 1.47 bits per heavy atom. The first-order valence-corrected chi connectivity index (χ1v) is 10.2. The van der Waals surface area contributed by atoms with Gasteiger partial charge in [-0.3, -0.25) is 0 Å². The maximum absolute atomic E-state index is 11.2. The van der Waals surface area contributed by atoms with Crippen LogP contribution in [0.4, 0.5) is 5.82 Å². The summed E-state index contributed by atoms with van der Waals surface area (Å²) >= 11 is 0. The molecule has 0 aliphatic carbocycles. The Morgan fingerprint density at radius 1 is 0.812 bits per heavy atom. The van der Waals surface area contributed by atoms with Crippen molar-refractivity contribution in [1.29, 1.82) is 0 Å². The number of methoxy groups -OCH3 is 2. The minimum absolute atomic E-state index is 0.0716. The quantitative estimate of drug-likeness (QED) is 0.400. The summed E-state index contributed by atoms with van der Waals surface area (Å²) < 4.78 is 10.7. The van der Waals surface area contributed by atoms with Gasteiger partial charge < -0.3 is 25.0 Å². The summed E-state index contributed by atoms with van der Waals surface area (Å²) in [6.45, 7) is 3.79. The summed E-state index contributed by atoms with van der Waals surface area (Å²) in [6.07, 6.45) is 0. The number of ether oxygens (including phenoxy) is 2. The molecule has 2 aromatic heterocycles. The minimum Gasteiger partial charge on any atom is -0.505 e. The van der Waals surface area contributed by atoms with Crippen molar-refractivity contribution in [2.75, 3.05) is 19.5 Å². The molecule has 0 amide bonds. The van der Waals surface area contributed by atoms with Crippen molar-refractivity contribution in [2.24, 2.45) is 0 Å². The highest BCUT2D eigenvalue weighted by Crippen LogP contribution is 2.43. The van der Waals surface area contributed by atoms with E-state index in [1.54, 1.807) is 12.1 Å². The number of aromatic nitrogens is 2. The van der Waals surface area contributed by atoms with Crippen molar-refractivity contribution in [2.45, 2.75) is 19.9 Å². The zero-order valence-electron chi connectivity index (χ0n) is 18.4. The number of fused-ring (bicyclic) bond motifs is 1. The molecule has 0 saturated heterocycles. The molecule has 0 aliphatic rings. The molecule has 0 fully saturated rings. The van der Waals surface area contributed by atoms with Gasteiger partial charge in [0, 0.05) is 22.3 Å². The van der Waals surface area contributed by atoms with Gasteiger partial charge in [-0.2, -0.15) is 0 Å². The average Bonchev–Trinajstić information content (AvgIpc) is 2.79. The fraction of sp³-hybridized carbons (Fsp3) is 0.200. The van der Waals surface area contributed by atoms with Crippen LogP contribution in [-0.2, 0) is 0 Å². The minimum atomic E-state index is -0.528. The molecule has 0 aliphatic heterocycles. The molecule has 3 N–H and O–H groups in total. The van der Waals surface area contributed by atoms with E-state index in [0.717, 1.165) is 16.8 Å². The number of anilines is 1. The smallest absolute Gasteiger partial charge is 0.200 e. The molecule has 1 atom stereocenters. The molecule has 32 heavy (non-hydrogen) atoms. The molecule has 0 radical (unpaired) electrons. The van der Waals surface area contributed by atoms with Crippen molar-refractivity contribution in [1.82, 2.24) is 9.97 Å². The Hall–Kier alpha value is -4.00. The Balaban J connectivity index is 1.93. The lowest BCUT2D eigenvalue weighted by Gasteiger charge is -2.23. The van der Waals surface area contributed by atoms with Crippen LogP contribution in [0, 0.1) is 13.8 Å². The number of phenolic OH excluding ortho intramolecular Hbond substituents is 2. The van der Waals surface area contributed by atoms with Crippen LogP contribution in [-0.4, -0.2) is 34.4 Å². The summed E-state index contributed by atoms with van der Waals surface area (Å²) in [6, 6.07) is 16.2. The number of pyridine rings is 2. The summed E-state index contributed by atoms with van der Waals surface area (Å²) in [7, 11) is 2.95. The normalized spacial score (nSPS) is 11.9. The van der Waals surface area contributed by atoms with Crippen molar-refractivity contribution >= 4 is 16.7 Å². The predicted octanol–water partition coefficient (Wildman–Crippen LogP) is 4.88. The topological polar surface area (TPSA) is 96.7 Å². The van der Waals surface area contributed by atoms with Crippen molar-refractivity contribution < 1.29 is 19.7 Å². The molecule has 7 nitrogen and oxygen atoms in total. The van der Waals surface area contributed by atoms with Gasteiger partial charge in [0.05, 0.1) is 20.3 Å². The Kier molecular flexibility index (Phi) is 5.73. The monoisotopic (exact) mass is 431 g/mol. The number of nitrogens with zero attached hydrogens (tertiary/aromatic N) is 2. The van der Waals surface area contributed by atoms with Gasteiger partial charge in [0.15, 0.2) is 11.5 Å². The van der Waals surface area contributed by atoms with E-state index in [1.807, 2.05) is 56.3 Å². The number of hydrogen-bond donors (Lipinski definition) is 3. The Bertz CT molecular complexity index is 1260. The fourth-order valence-electron chi connectivity index (χ4n) is 3.71. The van der Waals surface area contributed by atoms with E-state index in [-0.39, 0.29) is 23.0 Å². The molecule has 7 heteroatoms. The zero-order chi connectivity index (χ0) is 22.8. The number of benzene rings is 2. The van der Waals surface area contributed by atoms with Gasteiger partial charge in [-0.15, -0.1) is 0 Å².